The van der Waals surface area contributed by atoms with Crippen LogP contribution in [0, 0.1) is 0 Å². The molecule has 0 aliphatic carbocycles. The number of esters is 1. The summed E-state index contributed by atoms with van der Waals surface area (Å²) in [6, 6.07) is 6.08. The molecule has 184 valence electrons. The zero-order chi connectivity index (χ0) is 25.3. The second-order valence-electron chi connectivity index (χ2n) is 7.40. The third-order valence-corrected chi connectivity index (χ3v) is 6.80. The van der Waals surface area contributed by atoms with E-state index in [0.29, 0.717) is 48.3 Å². The Morgan fingerprint density at radius 2 is 1.89 bits per heavy atom. The van der Waals surface area contributed by atoms with Crippen molar-refractivity contribution in [3.63, 3.8) is 0 Å². The molecule has 1 aliphatic heterocycles. The Morgan fingerprint density at radius 1 is 1.20 bits per heavy atom. The highest BCUT2D eigenvalue weighted by Gasteiger charge is 2.34. The van der Waals surface area contributed by atoms with Crippen molar-refractivity contribution in [1.82, 2.24) is 4.57 Å². The number of ether oxygens (including phenoxy) is 4. The number of rotatable bonds is 7. The molecule has 1 aliphatic rings. The van der Waals surface area contributed by atoms with Crippen molar-refractivity contribution in [3.8, 4) is 17.2 Å². The minimum atomic E-state index is -0.829. The summed E-state index contributed by atoms with van der Waals surface area (Å²) in [4.78, 5) is 31.7. The number of benzene rings is 1. The molecule has 0 amide bonds. The van der Waals surface area contributed by atoms with Gasteiger partial charge in [-0.2, -0.15) is 0 Å². The highest BCUT2D eigenvalue weighted by atomic mass is 79.9. The number of methoxy groups -OCH3 is 3. The molecule has 1 atom stereocenters. The van der Waals surface area contributed by atoms with E-state index in [9.17, 15) is 9.59 Å². The lowest BCUT2D eigenvalue weighted by atomic mass is 9.95. The first-order valence-corrected chi connectivity index (χ1v) is 12.2. The molecule has 3 aromatic rings. The lowest BCUT2D eigenvalue weighted by molar-refractivity contribution is -0.139. The molecule has 3 heterocycles. The first-order valence-electron chi connectivity index (χ1n) is 10.6. The molecule has 2 aromatic heterocycles. The quantitative estimate of drug-likeness (QED) is 0.407. The van der Waals surface area contributed by atoms with Crippen LogP contribution < -0.4 is 29.1 Å². The minimum absolute atomic E-state index is 0.176. The van der Waals surface area contributed by atoms with Crippen molar-refractivity contribution < 1.29 is 28.2 Å². The number of nitrogens with zero attached hydrogens (tertiary/aromatic N) is 2. The Kier molecular flexibility index (Phi) is 7.18. The molecule has 1 aromatic carbocycles. The molecule has 4 rings (SSSR count). The van der Waals surface area contributed by atoms with Crippen LogP contribution in [0.2, 0.25) is 0 Å². The predicted molar refractivity (Wildman–Crippen MR) is 133 cm³/mol. The average molecular weight is 563 g/mol. The van der Waals surface area contributed by atoms with Crippen molar-refractivity contribution in [3.05, 3.63) is 71.2 Å². The summed E-state index contributed by atoms with van der Waals surface area (Å²) in [5, 5.41) is 0. The summed E-state index contributed by atoms with van der Waals surface area (Å²) in [6.07, 6.45) is 1.64. The van der Waals surface area contributed by atoms with Gasteiger partial charge >= 0.3 is 5.97 Å². The van der Waals surface area contributed by atoms with Gasteiger partial charge in [0.1, 0.15) is 5.76 Å². The van der Waals surface area contributed by atoms with Crippen LogP contribution in [0.15, 0.2) is 54.4 Å². The van der Waals surface area contributed by atoms with Crippen LogP contribution in [-0.4, -0.2) is 38.5 Å². The molecule has 0 saturated carbocycles. The molecule has 0 N–H and O–H groups in total. The molecular weight excluding hydrogens is 540 g/mol. The second-order valence-corrected chi connectivity index (χ2v) is 9.19. The van der Waals surface area contributed by atoms with Crippen LogP contribution in [0.25, 0.3) is 6.08 Å². The molecule has 0 radical (unpaired) electrons. The van der Waals surface area contributed by atoms with E-state index < -0.39 is 12.0 Å². The maximum Gasteiger partial charge on any atom is 0.338 e. The fraction of sp³-hybridized carbons (Fsp3) is 0.292. The molecule has 0 unspecified atom stereocenters. The SMILES string of the molecule is CCOC(=O)C1=C(C)N=c2s/c(=C\c3ccc(Br)o3)c(=O)n2[C@@H]1c1cc(OC)c(OC)c(OC)c1. The number of hydrogen-bond acceptors (Lipinski definition) is 9. The Hall–Kier alpha value is -3.31. The van der Waals surface area contributed by atoms with E-state index in [1.165, 1.54) is 37.2 Å². The van der Waals surface area contributed by atoms with E-state index in [0.717, 1.165) is 0 Å². The van der Waals surface area contributed by atoms with Crippen LogP contribution >= 0.6 is 27.3 Å². The highest BCUT2D eigenvalue weighted by molar-refractivity contribution is 9.10. The zero-order valence-corrected chi connectivity index (χ0v) is 22.1. The van der Waals surface area contributed by atoms with Gasteiger partial charge in [-0.1, -0.05) is 11.3 Å². The van der Waals surface area contributed by atoms with E-state index in [1.54, 1.807) is 44.2 Å². The number of aromatic nitrogens is 1. The number of thiazole rings is 1. The van der Waals surface area contributed by atoms with Crippen LogP contribution in [-0.2, 0) is 9.53 Å². The fourth-order valence-electron chi connectivity index (χ4n) is 3.90. The summed E-state index contributed by atoms with van der Waals surface area (Å²) >= 11 is 4.47. The highest BCUT2D eigenvalue weighted by Crippen LogP contribution is 2.42. The Morgan fingerprint density at radius 3 is 2.43 bits per heavy atom. The van der Waals surface area contributed by atoms with E-state index in [2.05, 4.69) is 20.9 Å². The lowest BCUT2D eigenvalue weighted by Gasteiger charge is -2.26. The van der Waals surface area contributed by atoms with Crippen LogP contribution in [0.3, 0.4) is 0 Å². The van der Waals surface area contributed by atoms with Gasteiger partial charge in [0.2, 0.25) is 5.75 Å². The predicted octanol–water partition coefficient (Wildman–Crippen LogP) is 3.18. The van der Waals surface area contributed by atoms with Crippen LogP contribution in [0.4, 0.5) is 0 Å². The van der Waals surface area contributed by atoms with Crippen LogP contribution in [0.1, 0.15) is 31.2 Å². The Balaban J connectivity index is 2.02. The molecule has 0 fully saturated rings. The van der Waals surface area contributed by atoms with Gasteiger partial charge < -0.3 is 23.4 Å². The van der Waals surface area contributed by atoms with Gasteiger partial charge in [0.05, 0.1) is 49.8 Å². The Bertz CT molecular complexity index is 1470. The van der Waals surface area contributed by atoms with E-state index in [1.807, 2.05) is 0 Å². The molecule has 0 spiro atoms. The fourth-order valence-corrected chi connectivity index (χ4v) is 5.25. The number of allylic oxidation sites excluding steroid dienone is 1. The summed E-state index contributed by atoms with van der Waals surface area (Å²) in [6.45, 7) is 3.62. The maximum absolute atomic E-state index is 13.6. The first-order chi connectivity index (χ1) is 16.8. The monoisotopic (exact) mass is 562 g/mol. The molecule has 0 bridgehead atoms. The van der Waals surface area contributed by atoms with Gasteiger partial charge in [0.25, 0.3) is 5.56 Å². The van der Waals surface area contributed by atoms with Gasteiger partial charge in [-0.15, -0.1) is 0 Å². The summed E-state index contributed by atoms with van der Waals surface area (Å²) in [5.74, 6) is 1.13. The van der Waals surface area contributed by atoms with Crippen LogP contribution in [0.5, 0.6) is 17.2 Å². The number of carbonyl (C=O) groups excluding carboxylic acids is 1. The number of furan rings is 1. The topological polar surface area (TPSA) is 101 Å². The summed E-state index contributed by atoms with van der Waals surface area (Å²) < 4.78 is 29.8. The van der Waals surface area contributed by atoms with E-state index >= 15 is 0 Å². The molecular formula is C24H23BrN2O7S. The smallest absolute Gasteiger partial charge is 0.338 e. The molecule has 9 nitrogen and oxygen atoms in total. The minimum Gasteiger partial charge on any atom is -0.493 e. The first kappa shape index (κ1) is 24.8. The van der Waals surface area contributed by atoms with Crippen molar-refractivity contribution in [2.24, 2.45) is 4.99 Å². The van der Waals surface area contributed by atoms with E-state index in [-0.39, 0.29) is 17.7 Å². The van der Waals surface area contributed by atoms with Gasteiger partial charge in [0.15, 0.2) is 21.0 Å². The van der Waals surface area contributed by atoms with Gasteiger partial charge in [-0.3, -0.25) is 9.36 Å². The van der Waals surface area contributed by atoms with Crippen molar-refractivity contribution in [1.29, 1.82) is 0 Å². The second kappa shape index (κ2) is 10.1. The Labute approximate surface area is 213 Å². The third-order valence-electron chi connectivity index (χ3n) is 5.39. The molecule has 0 saturated heterocycles. The normalized spacial score (nSPS) is 15.5. The van der Waals surface area contributed by atoms with E-state index in [4.69, 9.17) is 23.4 Å². The molecule has 35 heavy (non-hydrogen) atoms. The van der Waals surface area contributed by atoms with Gasteiger partial charge in [0, 0.05) is 6.08 Å². The number of halogens is 1. The number of fused-ring (bicyclic) bond motifs is 1. The largest absolute Gasteiger partial charge is 0.493 e. The number of hydrogen-bond donors (Lipinski definition) is 0. The van der Waals surface area contributed by atoms with Crippen molar-refractivity contribution in [2.75, 3.05) is 27.9 Å². The van der Waals surface area contributed by atoms with Gasteiger partial charge in [-0.05, 0) is 59.6 Å². The average Bonchev–Trinajstić information content (AvgIpc) is 3.39. The standard InChI is InChI=1S/C24H23BrN2O7S/c1-6-33-23(29)19-12(2)26-24-27(22(28)17(35-24)11-14-7-8-18(25)34-14)20(19)13-9-15(30-3)21(32-5)16(10-13)31-4/h7-11,20H,6H2,1-5H3/b17-11-/t20-/m1/s1. The van der Waals surface area contributed by atoms with Gasteiger partial charge in [-0.25, -0.2) is 9.79 Å². The number of carbonyl (C=O) groups is 1. The zero-order valence-electron chi connectivity index (χ0n) is 19.7. The summed E-state index contributed by atoms with van der Waals surface area (Å²) in [5.41, 5.74) is 0.955. The van der Waals surface area contributed by atoms with Crippen molar-refractivity contribution in [2.45, 2.75) is 19.9 Å². The third kappa shape index (κ3) is 4.53. The maximum atomic E-state index is 13.6. The van der Waals surface area contributed by atoms with Crippen molar-refractivity contribution >= 4 is 39.3 Å². The summed E-state index contributed by atoms with van der Waals surface area (Å²) in [7, 11) is 4.51. The lowest BCUT2D eigenvalue weighted by Crippen LogP contribution is -2.40. The molecule has 11 heteroatoms.